The highest BCUT2D eigenvalue weighted by molar-refractivity contribution is 7.17. The minimum Gasteiger partial charge on any atom is -0.496 e. The Balaban J connectivity index is 1.61. The Kier molecular flexibility index (Phi) is 4.26. The van der Waals surface area contributed by atoms with Gasteiger partial charge >= 0.3 is 0 Å². The molecule has 0 aliphatic heterocycles. The zero-order valence-corrected chi connectivity index (χ0v) is 14.5. The lowest BCUT2D eigenvalue weighted by atomic mass is 10.1. The second kappa shape index (κ2) is 6.86. The van der Waals surface area contributed by atoms with E-state index in [9.17, 15) is 0 Å². The van der Waals surface area contributed by atoms with Gasteiger partial charge in [-0.1, -0.05) is 59.9 Å². The summed E-state index contributed by atoms with van der Waals surface area (Å²) in [5, 5.41) is 14.0. The average Bonchev–Trinajstić information content (AvgIpc) is 3.22. The monoisotopic (exact) mass is 348 g/mol. The Labute approximate surface area is 149 Å². The Morgan fingerprint density at radius 2 is 1.80 bits per heavy atom. The number of para-hydroxylation sites is 1. The molecule has 4 rings (SSSR count). The van der Waals surface area contributed by atoms with E-state index < -0.39 is 0 Å². The summed E-state index contributed by atoms with van der Waals surface area (Å²) in [7, 11) is 1.67. The molecule has 0 N–H and O–H groups in total. The van der Waals surface area contributed by atoms with Crippen molar-refractivity contribution < 1.29 is 4.74 Å². The topological polar surface area (TPSA) is 52.3 Å². The van der Waals surface area contributed by atoms with Gasteiger partial charge in [-0.15, -0.1) is 10.2 Å². The lowest BCUT2D eigenvalue weighted by Crippen LogP contribution is -1.97. The fourth-order valence-electron chi connectivity index (χ4n) is 2.59. The van der Waals surface area contributed by atoms with Crippen LogP contribution in [0, 0.1) is 0 Å². The molecule has 2 aromatic carbocycles. The van der Waals surface area contributed by atoms with Crippen molar-refractivity contribution in [2.75, 3.05) is 7.11 Å². The summed E-state index contributed by atoms with van der Waals surface area (Å²) in [5.74, 6) is 1.68. The van der Waals surface area contributed by atoms with Gasteiger partial charge in [-0.25, -0.2) is 0 Å². The molecule has 0 fully saturated rings. The zero-order chi connectivity index (χ0) is 17.1. The largest absolute Gasteiger partial charge is 0.496 e. The van der Waals surface area contributed by atoms with E-state index in [0.29, 0.717) is 6.42 Å². The van der Waals surface area contributed by atoms with Crippen LogP contribution in [0.3, 0.4) is 0 Å². The van der Waals surface area contributed by atoms with Crippen molar-refractivity contribution in [3.05, 3.63) is 76.6 Å². The van der Waals surface area contributed by atoms with Crippen molar-refractivity contribution in [3.8, 4) is 5.75 Å². The molecule has 6 heteroatoms. The van der Waals surface area contributed by atoms with E-state index in [0.717, 1.165) is 27.1 Å². The molecular weight excluding hydrogens is 332 g/mol. The minimum atomic E-state index is 0.710. The highest BCUT2D eigenvalue weighted by Gasteiger charge is 2.11. The van der Waals surface area contributed by atoms with Crippen molar-refractivity contribution in [2.24, 2.45) is 0 Å². The van der Waals surface area contributed by atoms with Gasteiger partial charge in [0.2, 0.25) is 4.96 Å². The summed E-state index contributed by atoms with van der Waals surface area (Å²) in [5.41, 5.74) is 2.20. The molecule has 5 nitrogen and oxygen atoms in total. The van der Waals surface area contributed by atoms with Gasteiger partial charge in [0.1, 0.15) is 10.8 Å². The normalized spacial score (nSPS) is 11.4. The van der Waals surface area contributed by atoms with Gasteiger partial charge in [0.05, 0.1) is 7.11 Å². The van der Waals surface area contributed by atoms with Crippen molar-refractivity contribution in [1.82, 2.24) is 19.8 Å². The second-order valence-electron chi connectivity index (χ2n) is 5.49. The van der Waals surface area contributed by atoms with Crippen molar-refractivity contribution in [1.29, 1.82) is 0 Å². The van der Waals surface area contributed by atoms with Gasteiger partial charge in [0.25, 0.3) is 0 Å². The molecule has 4 aromatic rings. The second-order valence-corrected chi connectivity index (χ2v) is 6.48. The van der Waals surface area contributed by atoms with Crippen LogP contribution in [0.4, 0.5) is 0 Å². The Hall–Kier alpha value is -2.99. The molecule has 0 unspecified atom stereocenters. The van der Waals surface area contributed by atoms with Crippen molar-refractivity contribution >= 4 is 28.4 Å². The van der Waals surface area contributed by atoms with Crippen LogP contribution in [0.15, 0.2) is 54.6 Å². The number of hydrogen-bond acceptors (Lipinski definition) is 5. The maximum atomic E-state index is 5.37. The molecule has 0 radical (unpaired) electrons. The van der Waals surface area contributed by atoms with Gasteiger partial charge in [-0.2, -0.15) is 9.61 Å². The lowest BCUT2D eigenvalue weighted by Gasteiger charge is -2.02. The predicted molar refractivity (Wildman–Crippen MR) is 99.8 cm³/mol. The molecule has 0 bridgehead atoms. The molecule has 0 saturated carbocycles. The van der Waals surface area contributed by atoms with Crippen LogP contribution in [0.5, 0.6) is 5.75 Å². The summed E-state index contributed by atoms with van der Waals surface area (Å²) in [6.07, 6.45) is 4.69. The Bertz CT molecular complexity index is 1020. The number of fused-ring (bicyclic) bond motifs is 1. The summed E-state index contributed by atoms with van der Waals surface area (Å²) in [6.45, 7) is 0. The van der Waals surface area contributed by atoms with Crippen LogP contribution in [0.25, 0.3) is 17.1 Å². The first kappa shape index (κ1) is 15.5. The molecular formula is C19H16N4OS. The van der Waals surface area contributed by atoms with Crippen LogP contribution in [0.1, 0.15) is 22.0 Å². The van der Waals surface area contributed by atoms with Crippen LogP contribution >= 0.6 is 11.3 Å². The van der Waals surface area contributed by atoms with Crippen LogP contribution in [0.2, 0.25) is 0 Å². The van der Waals surface area contributed by atoms with Gasteiger partial charge in [-0.05, 0) is 23.8 Å². The van der Waals surface area contributed by atoms with Crippen LogP contribution in [-0.4, -0.2) is 26.9 Å². The Morgan fingerprint density at radius 1 is 1.00 bits per heavy atom. The lowest BCUT2D eigenvalue weighted by molar-refractivity contribution is 0.414. The molecule has 124 valence electrons. The summed E-state index contributed by atoms with van der Waals surface area (Å²) >= 11 is 1.51. The molecule has 0 aliphatic rings. The van der Waals surface area contributed by atoms with Crippen LogP contribution in [-0.2, 0) is 6.42 Å². The van der Waals surface area contributed by atoms with E-state index in [-0.39, 0.29) is 0 Å². The standard InChI is InChI=1S/C19H16N4OS/c1-24-16-10-6-5-9-15(16)11-12-18-22-23-17(20-21-19(23)25-18)13-14-7-3-2-4-8-14/h2-12H,13H2,1H3/b12-11+. The number of ether oxygens (including phenoxy) is 1. The third kappa shape index (κ3) is 3.29. The minimum absolute atomic E-state index is 0.710. The third-order valence-electron chi connectivity index (χ3n) is 3.82. The van der Waals surface area contributed by atoms with Gasteiger partial charge in [0.15, 0.2) is 5.82 Å². The highest BCUT2D eigenvalue weighted by atomic mass is 32.1. The highest BCUT2D eigenvalue weighted by Crippen LogP contribution is 2.22. The number of methoxy groups -OCH3 is 1. The van der Waals surface area contributed by atoms with E-state index in [1.165, 1.54) is 16.9 Å². The number of nitrogens with zero attached hydrogens (tertiary/aromatic N) is 4. The first-order valence-corrected chi connectivity index (χ1v) is 8.71. The van der Waals surface area contributed by atoms with E-state index in [1.54, 1.807) is 7.11 Å². The molecule has 25 heavy (non-hydrogen) atoms. The van der Waals surface area contributed by atoms with Crippen LogP contribution < -0.4 is 4.74 Å². The van der Waals surface area contributed by atoms with E-state index >= 15 is 0 Å². The molecule has 2 heterocycles. The maximum absolute atomic E-state index is 5.37. The summed E-state index contributed by atoms with van der Waals surface area (Å²) in [4.78, 5) is 0.797. The SMILES string of the molecule is COc1ccccc1/C=C/c1nn2c(Cc3ccccc3)nnc2s1. The molecule has 2 aromatic heterocycles. The number of hydrogen-bond donors (Lipinski definition) is 0. The van der Waals surface area contributed by atoms with Gasteiger partial charge in [-0.3, -0.25) is 0 Å². The smallest absolute Gasteiger partial charge is 0.234 e. The van der Waals surface area contributed by atoms with Crippen molar-refractivity contribution in [2.45, 2.75) is 6.42 Å². The Morgan fingerprint density at radius 3 is 2.64 bits per heavy atom. The molecule has 0 amide bonds. The maximum Gasteiger partial charge on any atom is 0.234 e. The fourth-order valence-corrected chi connectivity index (χ4v) is 3.35. The zero-order valence-electron chi connectivity index (χ0n) is 13.7. The molecule has 0 spiro atoms. The number of aromatic nitrogens is 4. The van der Waals surface area contributed by atoms with E-state index in [1.807, 2.05) is 59.1 Å². The molecule has 0 aliphatic carbocycles. The summed E-state index contributed by atoms with van der Waals surface area (Å²) < 4.78 is 7.19. The molecule has 0 saturated heterocycles. The van der Waals surface area contributed by atoms with E-state index in [2.05, 4.69) is 27.4 Å². The quantitative estimate of drug-likeness (QED) is 0.548. The third-order valence-corrected chi connectivity index (χ3v) is 4.68. The number of rotatable bonds is 5. The average molecular weight is 348 g/mol. The number of benzene rings is 2. The van der Waals surface area contributed by atoms with Crippen molar-refractivity contribution in [3.63, 3.8) is 0 Å². The van der Waals surface area contributed by atoms with Gasteiger partial charge in [0, 0.05) is 12.0 Å². The first-order valence-electron chi connectivity index (χ1n) is 7.89. The predicted octanol–water partition coefficient (Wildman–Crippen LogP) is 3.96. The fraction of sp³-hybridized carbons (Fsp3) is 0.105. The first-order chi connectivity index (χ1) is 12.3. The summed E-state index contributed by atoms with van der Waals surface area (Å²) in [6, 6.07) is 18.1. The van der Waals surface area contributed by atoms with Gasteiger partial charge < -0.3 is 4.74 Å². The molecule has 0 atom stereocenters. The van der Waals surface area contributed by atoms with E-state index in [4.69, 9.17) is 4.74 Å².